The van der Waals surface area contributed by atoms with Gasteiger partial charge in [-0.05, 0) is 53.2 Å². The SMILES string of the molecule is O=CN(c1cc(N(C=O)c2cc(S(=O)(=O)O)cc3cc(S(=O)(=O)O)cc(O)c23)cc([N+](=O)[O-])c1)c1cc(S(=O)(=O)O)cc2cc(S(=O)(=O)O)cc(O)c12. The molecule has 25 heteroatoms. The summed E-state index contributed by atoms with van der Waals surface area (Å²) in [6, 6.07) is 7.08. The van der Waals surface area contributed by atoms with Crippen molar-refractivity contribution >= 4 is 103 Å². The number of carbonyl (C=O) groups excluding carboxylic acids is 2. The van der Waals surface area contributed by atoms with Crippen LogP contribution in [0, 0.1) is 10.1 Å². The number of anilines is 4. The molecular formula is C28H19N3O18S4. The first kappa shape index (κ1) is 38.4. The molecule has 5 aromatic carbocycles. The Morgan fingerprint density at radius 3 is 1.08 bits per heavy atom. The number of non-ortho nitro benzene ring substituents is 1. The summed E-state index contributed by atoms with van der Waals surface area (Å²) in [6.45, 7) is 0. The molecule has 5 aromatic rings. The van der Waals surface area contributed by atoms with Crippen molar-refractivity contribution in [2.75, 3.05) is 9.80 Å². The van der Waals surface area contributed by atoms with Crippen molar-refractivity contribution < 1.29 is 76.6 Å². The fraction of sp³-hybridized carbons (Fsp3) is 0. The lowest BCUT2D eigenvalue weighted by Gasteiger charge is -2.25. The van der Waals surface area contributed by atoms with Gasteiger partial charge in [0, 0.05) is 35.0 Å². The van der Waals surface area contributed by atoms with Crippen molar-refractivity contribution in [2.24, 2.45) is 0 Å². The van der Waals surface area contributed by atoms with Crippen molar-refractivity contribution in [3.8, 4) is 11.5 Å². The number of phenolic OH excluding ortho intramolecular Hbond substituents is 2. The van der Waals surface area contributed by atoms with Gasteiger partial charge in [-0.1, -0.05) is 0 Å². The zero-order valence-electron chi connectivity index (χ0n) is 25.6. The van der Waals surface area contributed by atoms with Crippen LogP contribution in [0.25, 0.3) is 21.5 Å². The predicted molar refractivity (Wildman–Crippen MR) is 180 cm³/mol. The second-order valence-electron chi connectivity index (χ2n) is 10.8. The molecule has 0 aromatic heterocycles. The number of aromatic hydroxyl groups is 2. The number of fused-ring (bicyclic) bond motifs is 2. The van der Waals surface area contributed by atoms with Gasteiger partial charge in [0.2, 0.25) is 12.8 Å². The van der Waals surface area contributed by atoms with E-state index in [1.165, 1.54) is 0 Å². The highest BCUT2D eigenvalue weighted by atomic mass is 32.2. The van der Waals surface area contributed by atoms with Gasteiger partial charge in [-0.25, -0.2) is 0 Å². The quantitative estimate of drug-likeness (QED) is 0.0483. The van der Waals surface area contributed by atoms with Crippen LogP contribution in [-0.2, 0) is 50.1 Å². The maximum absolute atomic E-state index is 12.7. The summed E-state index contributed by atoms with van der Waals surface area (Å²) in [5, 5.41) is 31.7. The molecule has 0 aliphatic rings. The number of hydrogen-bond donors (Lipinski definition) is 6. The maximum atomic E-state index is 12.7. The summed E-state index contributed by atoms with van der Waals surface area (Å²) in [5.41, 5.74) is -3.50. The number of nitrogens with zero attached hydrogens (tertiary/aromatic N) is 3. The molecule has 0 heterocycles. The van der Waals surface area contributed by atoms with Crippen molar-refractivity contribution in [3.05, 3.63) is 76.8 Å². The molecule has 0 saturated carbocycles. The van der Waals surface area contributed by atoms with Gasteiger partial charge in [-0.15, -0.1) is 0 Å². The summed E-state index contributed by atoms with van der Waals surface area (Å²) < 4.78 is 135. The van der Waals surface area contributed by atoms with E-state index in [0.29, 0.717) is 70.5 Å². The minimum Gasteiger partial charge on any atom is -0.507 e. The Kier molecular flexibility index (Phi) is 9.43. The number of rotatable bonds is 11. The van der Waals surface area contributed by atoms with Crippen LogP contribution in [0.1, 0.15) is 0 Å². The van der Waals surface area contributed by atoms with E-state index in [0.717, 1.165) is 6.07 Å². The van der Waals surface area contributed by atoms with E-state index >= 15 is 0 Å². The number of carbonyl (C=O) groups is 2. The van der Waals surface area contributed by atoms with Crippen LogP contribution in [0.15, 0.2) is 86.3 Å². The smallest absolute Gasteiger partial charge is 0.294 e. The average Bonchev–Trinajstić information content (AvgIpc) is 3.03. The Labute approximate surface area is 296 Å². The summed E-state index contributed by atoms with van der Waals surface area (Å²) in [4.78, 5) is 33.4. The van der Waals surface area contributed by atoms with Gasteiger partial charge in [0.15, 0.2) is 0 Å². The largest absolute Gasteiger partial charge is 0.507 e. The summed E-state index contributed by atoms with van der Waals surface area (Å²) >= 11 is 0. The highest BCUT2D eigenvalue weighted by Crippen LogP contribution is 2.44. The standard InChI is InChI=1S/C28H19N3O18S4/c32-12-29(23-8-19(50(38,39)40)1-14-3-21(52(44,45)46)10-25(34)27(14)23)16-5-17(7-18(6-16)31(36)37)30(13-33)24-9-20(51(41,42)43)2-15-4-22(53(47,48)49)11-26(35)28(15)24/h1-13,34-35H,(H,38,39,40)(H,41,42,43)(H,44,45,46)(H,47,48,49). The highest BCUT2D eigenvalue weighted by Gasteiger charge is 2.28. The van der Waals surface area contributed by atoms with Crippen molar-refractivity contribution in [1.82, 2.24) is 0 Å². The predicted octanol–water partition coefficient (Wildman–Crippen LogP) is 2.89. The molecule has 278 valence electrons. The fourth-order valence-electron chi connectivity index (χ4n) is 5.29. The third-order valence-electron chi connectivity index (χ3n) is 7.48. The highest BCUT2D eigenvalue weighted by molar-refractivity contribution is 7.86. The Hall–Kier alpha value is -5.80. The van der Waals surface area contributed by atoms with Gasteiger partial charge in [-0.2, -0.15) is 33.7 Å². The molecule has 5 rings (SSSR count). The third-order valence-corrected chi connectivity index (χ3v) is 10.8. The van der Waals surface area contributed by atoms with Crippen LogP contribution >= 0.6 is 0 Å². The van der Waals surface area contributed by atoms with Crippen LogP contribution in [-0.4, -0.2) is 79.8 Å². The van der Waals surface area contributed by atoms with E-state index in [-0.39, 0.29) is 12.8 Å². The maximum Gasteiger partial charge on any atom is 0.294 e. The van der Waals surface area contributed by atoms with Gasteiger partial charge in [-0.3, -0.25) is 47.7 Å². The van der Waals surface area contributed by atoms with Gasteiger partial charge in [0.05, 0.1) is 47.3 Å². The van der Waals surface area contributed by atoms with E-state index in [1.54, 1.807) is 0 Å². The van der Waals surface area contributed by atoms with Gasteiger partial charge in [0.1, 0.15) is 11.5 Å². The first-order chi connectivity index (χ1) is 24.3. The lowest BCUT2D eigenvalue weighted by Crippen LogP contribution is -2.19. The number of nitro groups is 1. The summed E-state index contributed by atoms with van der Waals surface area (Å²) in [7, 11) is -20.4. The minimum atomic E-state index is -5.18. The molecule has 0 unspecified atom stereocenters. The molecule has 0 aliphatic carbocycles. The first-order valence-corrected chi connectivity index (χ1v) is 19.4. The summed E-state index contributed by atoms with van der Waals surface area (Å²) in [5.74, 6) is -1.99. The number of nitro benzene ring substituents is 1. The Morgan fingerprint density at radius 1 is 0.509 bits per heavy atom. The molecule has 53 heavy (non-hydrogen) atoms. The molecular weight excluding hydrogens is 795 g/mol. The Balaban J connectivity index is 1.86. The zero-order valence-corrected chi connectivity index (χ0v) is 28.8. The topological polar surface area (TPSA) is 342 Å². The van der Waals surface area contributed by atoms with Crippen molar-refractivity contribution in [1.29, 1.82) is 0 Å². The summed E-state index contributed by atoms with van der Waals surface area (Å²) in [6.07, 6.45) is -0.159. The van der Waals surface area contributed by atoms with Gasteiger partial charge >= 0.3 is 0 Å². The number of benzene rings is 5. The van der Waals surface area contributed by atoms with E-state index in [2.05, 4.69) is 0 Å². The van der Waals surface area contributed by atoms with E-state index < -0.39 is 126 Å². The number of hydrogen-bond acceptors (Lipinski definition) is 14. The monoisotopic (exact) mass is 813 g/mol. The number of amides is 2. The fourth-order valence-corrected chi connectivity index (χ4v) is 7.43. The molecule has 0 fully saturated rings. The first-order valence-electron chi connectivity index (χ1n) is 13.6. The molecule has 0 saturated heterocycles. The van der Waals surface area contributed by atoms with Crippen LogP contribution in [0.2, 0.25) is 0 Å². The third kappa shape index (κ3) is 7.43. The molecule has 0 aliphatic heterocycles. The van der Waals surface area contributed by atoms with Crippen molar-refractivity contribution in [3.63, 3.8) is 0 Å². The molecule has 21 nitrogen and oxygen atoms in total. The zero-order chi connectivity index (χ0) is 39.6. The molecule has 2 amide bonds. The average molecular weight is 814 g/mol. The lowest BCUT2D eigenvalue weighted by molar-refractivity contribution is -0.384. The second-order valence-corrected chi connectivity index (χ2v) is 16.5. The molecule has 0 radical (unpaired) electrons. The van der Waals surface area contributed by atoms with Crippen LogP contribution in [0.4, 0.5) is 28.4 Å². The van der Waals surface area contributed by atoms with Crippen LogP contribution in [0.3, 0.4) is 0 Å². The lowest BCUT2D eigenvalue weighted by atomic mass is 10.1. The molecule has 0 spiro atoms. The van der Waals surface area contributed by atoms with E-state index in [1.807, 2.05) is 0 Å². The van der Waals surface area contributed by atoms with Crippen molar-refractivity contribution in [2.45, 2.75) is 19.6 Å². The van der Waals surface area contributed by atoms with Gasteiger partial charge in [0.25, 0.3) is 46.2 Å². The Morgan fingerprint density at radius 2 is 0.811 bits per heavy atom. The van der Waals surface area contributed by atoms with Crippen LogP contribution < -0.4 is 9.80 Å². The Bertz CT molecular complexity index is 2700. The molecule has 0 bridgehead atoms. The van der Waals surface area contributed by atoms with Gasteiger partial charge < -0.3 is 10.2 Å². The molecule has 0 atom stereocenters. The van der Waals surface area contributed by atoms with Crippen LogP contribution in [0.5, 0.6) is 11.5 Å². The molecule has 6 N–H and O–H groups in total. The second kappa shape index (κ2) is 13.0. The van der Waals surface area contributed by atoms with E-state index in [4.69, 9.17) is 0 Å². The number of phenols is 2. The van der Waals surface area contributed by atoms with E-state index in [9.17, 15) is 81.8 Å². The minimum absolute atomic E-state index is 0.0795. The normalized spacial score (nSPS) is 12.5.